The molecule has 8 heteroatoms. The largest absolute Gasteiger partial charge is 0.497 e. The van der Waals surface area contributed by atoms with Crippen LogP contribution >= 0.6 is 0 Å². The van der Waals surface area contributed by atoms with E-state index >= 15 is 0 Å². The summed E-state index contributed by atoms with van der Waals surface area (Å²) in [6.07, 6.45) is 1.37. The lowest BCUT2D eigenvalue weighted by atomic mass is 10.2. The molecule has 0 atom stereocenters. The lowest BCUT2D eigenvalue weighted by Gasteiger charge is -2.12. The maximum Gasteiger partial charge on any atom is 0.257 e. The Bertz CT molecular complexity index is 1090. The van der Waals surface area contributed by atoms with Gasteiger partial charge in [0.25, 0.3) is 11.5 Å². The van der Waals surface area contributed by atoms with Crippen LogP contribution in [0.5, 0.6) is 11.5 Å². The molecule has 0 radical (unpaired) electrons. The van der Waals surface area contributed by atoms with Gasteiger partial charge in [0.15, 0.2) is 0 Å². The zero-order valence-corrected chi connectivity index (χ0v) is 15.7. The van der Waals surface area contributed by atoms with Crippen LogP contribution in [0.25, 0.3) is 0 Å². The lowest BCUT2D eigenvalue weighted by molar-refractivity contribution is 0.102. The number of carbonyl (C=O) groups is 1. The van der Waals surface area contributed by atoms with Crippen LogP contribution in [-0.2, 0) is 6.54 Å². The van der Waals surface area contributed by atoms with Gasteiger partial charge in [0.05, 0.1) is 32.0 Å². The average molecular weight is 400 g/mol. The van der Waals surface area contributed by atoms with Crippen molar-refractivity contribution in [1.29, 1.82) is 0 Å². The van der Waals surface area contributed by atoms with Crippen molar-refractivity contribution in [2.75, 3.05) is 19.5 Å². The normalized spacial score (nSPS) is 10.5. The number of anilines is 1. The molecular formula is C21H18F2N2O4. The number of benzene rings is 2. The molecule has 0 aliphatic carbocycles. The standard InChI is InChI=1S/C21H18F2N2O4/c1-28-16-7-13(8-17(10-16)29-2)11-25-12-14(3-6-20(25)26)21(27)24-19-5-4-15(22)9-18(19)23/h3-10,12H,11H2,1-2H3,(H,24,27). The number of carbonyl (C=O) groups excluding carboxylic acids is 1. The van der Waals surface area contributed by atoms with Crippen molar-refractivity contribution in [1.82, 2.24) is 4.57 Å². The summed E-state index contributed by atoms with van der Waals surface area (Å²) >= 11 is 0. The second kappa shape index (κ2) is 8.55. The Morgan fingerprint density at radius 1 is 1.00 bits per heavy atom. The highest BCUT2D eigenvalue weighted by atomic mass is 19.1. The van der Waals surface area contributed by atoms with Crippen molar-refractivity contribution in [2.24, 2.45) is 0 Å². The van der Waals surface area contributed by atoms with Crippen LogP contribution in [0.2, 0.25) is 0 Å². The molecule has 0 fully saturated rings. The van der Waals surface area contributed by atoms with Crippen molar-refractivity contribution in [3.05, 3.63) is 87.8 Å². The second-order valence-corrected chi connectivity index (χ2v) is 6.18. The third-order valence-electron chi connectivity index (χ3n) is 4.19. The number of amides is 1. The van der Waals surface area contributed by atoms with Crippen molar-refractivity contribution < 1.29 is 23.0 Å². The first-order valence-electron chi connectivity index (χ1n) is 8.58. The maximum absolute atomic E-state index is 13.8. The predicted molar refractivity (Wildman–Crippen MR) is 104 cm³/mol. The van der Waals surface area contributed by atoms with E-state index < -0.39 is 17.5 Å². The smallest absolute Gasteiger partial charge is 0.257 e. The van der Waals surface area contributed by atoms with E-state index in [9.17, 15) is 18.4 Å². The highest BCUT2D eigenvalue weighted by molar-refractivity contribution is 6.04. The first kappa shape index (κ1) is 20.1. The molecule has 1 N–H and O–H groups in total. The summed E-state index contributed by atoms with van der Waals surface area (Å²) in [5.41, 5.74) is 0.386. The zero-order valence-electron chi connectivity index (χ0n) is 15.7. The minimum Gasteiger partial charge on any atom is -0.497 e. The first-order valence-corrected chi connectivity index (χ1v) is 8.58. The van der Waals surface area contributed by atoms with Gasteiger partial charge in [-0.05, 0) is 35.9 Å². The fourth-order valence-electron chi connectivity index (χ4n) is 2.73. The quantitative estimate of drug-likeness (QED) is 0.688. The second-order valence-electron chi connectivity index (χ2n) is 6.18. The molecule has 1 amide bonds. The predicted octanol–water partition coefficient (Wildman–Crippen LogP) is 3.44. The van der Waals surface area contributed by atoms with E-state index in [0.717, 1.165) is 17.7 Å². The summed E-state index contributed by atoms with van der Waals surface area (Å²) in [5.74, 6) is -1.15. The van der Waals surface area contributed by atoms with Gasteiger partial charge in [0, 0.05) is 24.4 Å². The van der Waals surface area contributed by atoms with Gasteiger partial charge in [-0.2, -0.15) is 0 Å². The molecule has 29 heavy (non-hydrogen) atoms. The summed E-state index contributed by atoms with van der Waals surface area (Å²) in [5, 5.41) is 2.36. The molecular weight excluding hydrogens is 382 g/mol. The van der Waals surface area contributed by atoms with Gasteiger partial charge in [0.1, 0.15) is 23.1 Å². The van der Waals surface area contributed by atoms with Crippen LogP contribution in [0.1, 0.15) is 15.9 Å². The zero-order chi connectivity index (χ0) is 21.0. The topological polar surface area (TPSA) is 69.6 Å². The monoisotopic (exact) mass is 400 g/mol. The number of nitrogens with one attached hydrogen (secondary N) is 1. The Morgan fingerprint density at radius 2 is 1.69 bits per heavy atom. The van der Waals surface area contributed by atoms with Crippen molar-refractivity contribution in [3.8, 4) is 11.5 Å². The summed E-state index contributed by atoms with van der Waals surface area (Å²) in [6, 6.07) is 10.6. The van der Waals surface area contributed by atoms with Gasteiger partial charge >= 0.3 is 0 Å². The minimum absolute atomic E-state index is 0.142. The van der Waals surface area contributed by atoms with E-state index in [2.05, 4.69) is 5.32 Å². The molecule has 0 bridgehead atoms. The number of hydrogen-bond donors (Lipinski definition) is 1. The van der Waals surface area contributed by atoms with Crippen LogP contribution < -0.4 is 20.3 Å². The molecule has 0 aliphatic rings. The summed E-state index contributed by atoms with van der Waals surface area (Å²) in [6.45, 7) is 0.165. The number of ether oxygens (including phenoxy) is 2. The molecule has 0 spiro atoms. The van der Waals surface area contributed by atoms with E-state index in [4.69, 9.17) is 9.47 Å². The summed E-state index contributed by atoms with van der Waals surface area (Å²) < 4.78 is 38.6. The number of halogens is 2. The summed E-state index contributed by atoms with van der Waals surface area (Å²) in [7, 11) is 3.04. The van der Waals surface area contributed by atoms with E-state index in [-0.39, 0.29) is 23.4 Å². The molecule has 1 heterocycles. The van der Waals surface area contributed by atoms with Gasteiger partial charge in [-0.3, -0.25) is 9.59 Å². The van der Waals surface area contributed by atoms with Crippen molar-refractivity contribution in [2.45, 2.75) is 6.54 Å². The third kappa shape index (κ3) is 4.78. The Labute approximate surface area is 165 Å². The van der Waals surface area contributed by atoms with Gasteiger partial charge in [-0.25, -0.2) is 8.78 Å². The van der Waals surface area contributed by atoms with Crippen LogP contribution in [0, 0.1) is 11.6 Å². The fraction of sp³-hybridized carbons (Fsp3) is 0.143. The Kier molecular flexibility index (Phi) is 5.92. The molecule has 6 nitrogen and oxygen atoms in total. The Morgan fingerprint density at radius 3 is 2.31 bits per heavy atom. The SMILES string of the molecule is COc1cc(Cn2cc(C(=O)Nc3ccc(F)cc3F)ccc2=O)cc(OC)c1. The number of aromatic nitrogens is 1. The number of rotatable bonds is 6. The van der Waals surface area contributed by atoms with Gasteiger partial charge in [-0.1, -0.05) is 0 Å². The van der Waals surface area contributed by atoms with E-state index in [0.29, 0.717) is 17.6 Å². The lowest BCUT2D eigenvalue weighted by Crippen LogP contribution is -2.22. The first-order chi connectivity index (χ1) is 13.9. The van der Waals surface area contributed by atoms with Crippen molar-refractivity contribution >= 4 is 11.6 Å². The number of nitrogens with zero attached hydrogens (tertiary/aromatic N) is 1. The third-order valence-corrected chi connectivity index (χ3v) is 4.19. The van der Waals surface area contributed by atoms with Crippen LogP contribution in [0.4, 0.5) is 14.5 Å². The molecule has 0 saturated carbocycles. The van der Waals surface area contributed by atoms with Crippen LogP contribution in [0.15, 0.2) is 59.5 Å². The minimum atomic E-state index is -0.893. The van der Waals surface area contributed by atoms with E-state index in [1.54, 1.807) is 18.2 Å². The molecule has 0 aliphatic heterocycles. The van der Waals surface area contributed by atoms with Gasteiger partial charge in [0.2, 0.25) is 0 Å². The molecule has 2 aromatic carbocycles. The molecule has 3 rings (SSSR count). The van der Waals surface area contributed by atoms with Crippen molar-refractivity contribution in [3.63, 3.8) is 0 Å². The highest BCUT2D eigenvalue weighted by Gasteiger charge is 2.12. The average Bonchev–Trinajstić information content (AvgIpc) is 2.71. The number of hydrogen-bond acceptors (Lipinski definition) is 4. The van der Waals surface area contributed by atoms with Crippen LogP contribution in [-0.4, -0.2) is 24.7 Å². The van der Waals surface area contributed by atoms with Crippen LogP contribution in [0.3, 0.4) is 0 Å². The number of pyridine rings is 1. The van der Waals surface area contributed by atoms with E-state index in [1.807, 2.05) is 0 Å². The van der Waals surface area contributed by atoms with Gasteiger partial charge in [-0.15, -0.1) is 0 Å². The van der Waals surface area contributed by atoms with Gasteiger partial charge < -0.3 is 19.4 Å². The van der Waals surface area contributed by atoms with E-state index in [1.165, 1.54) is 37.1 Å². The molecule has 0 saturated heterocycles. The molecule has 150 valence electrons. The summed E-state index contributed by atoms with van der Waals surface area (Å²) in [4.78, 5) is 24.7. The molecule has 0 unspecified atom stereocenters. The Balaban J connectivity index is 1.86. The fourth-order valence-corrected chi connectivity index (χ4v) is 2.73. The molecule has 1 aromatic heterocycles. The number of methoxy groups -OCH3 is 2. The Hall–Kier alpha value is -3.68. The highest BCUT2D eigenvalue weighted by Crippen LogP contribution is 2.23. The maximum atomic E-state index is 13.8. The molecule has 3 aromatic rings.